The second kappa shape index (κ2) is 5.63. The van der Waals surface area contributed by atoms with Crippen LogP contribution < -0.4 is 16.6 Å². The lowest BCUT2D eigenvalue weighted by molar-refractivity contribution is 0.374. The number of fused-ring (bicyclic) bond motifs is 1. The van der Waals surface area contributed by atoms with Gasteiger partial charge in [-0.25, -0.2) is 9.18 Å². The van der Waals surface area contributed by atoms with Crippen molar-refractivity contribution in [2.75, 3.05) is 5.32 Å². The molecular weight excluding hydrogens is 315 g/mol. The summed E-state index contributed by atoms with van der Waals surface area (Å²) in [7, 11) is 0. The van der Waals surface area contributed by atoms with Crippen LogP contribution >= 0.6 is 0 Å². The van der Waals surface area contributed by atoms with E-state index in [0.717, 1.165) is 0 Å². The van der Waals surface area contributed by atoms with Gasteiger partial charge in [0, 0.05) is 11.7 Å². The van der Waals surface area contributed by atoms with E-state index in [0.29, 0.717) is 11.1 Å². The van der Waals surface area contributed by atoms with Gasteiger partial charge in [0.1, 0.15) is 5.52 Å². The number of para-hydroxylation sites is 1. The highest BCUT2D eigenvalue weighted by Crippen LogP contribution is 2.21. The maximum absolute atomic E-state index is 13.6. The molecule has 8 heteroatoms. The number of nitrogens with one attached hydrogen (secondary N) is 2. The molecule has 0 aliphatic heterocycles. The predicted molar refractivity (Wildman–Crippen MR) is 87.6 cm³/mol. The van der Waals surface area contributed by atoms with Crippen molar-refractivity contribution in [1.82, 2.24) is 14.5 Å². The first-order valence-electron chi connectivity index (χ1n) is 7.40. The first-order chi connectivity index (χ1) is 11.3. The van der Waals surface area contributed by atoms with E-state index in [4.69, 9.17) is 4.42 Å². The summed E-state index contributed by atoms with van der Waals surface area (Å²) in [6.45, 7) is 5.65. The van der Waals surface area contributed by atoms with Crippen LogP contribution in [0.5, 0.6) is 0 Å². The molecule has 3 rings (SSSR count). The summed E-state index contributed by atoms with van der Waals surface area (Å²) >= 11 is 0. The average molecular weight is 332 g/mol. The number of hydrogen-bond donors (Lipinski definition) is 2. The fourth-order valence-electron chi connectivity index (χ4n) is 2.30. The van der Waals surface area contributed by atoms with Gasteiger partial charge >= 0.3 is 5.69 Å². The first-order valence-corrected chi connectivity index (χ1v) is 7.40. The zero-order valence-electron chi connectivity index (χ0n) is 13.5. The van der Waals surface area contributed by atoms with E-state index in [1.807, 2.05) is 20.8 Å². The van der Waals surface area contributed by atoms with Crippen LogP contribution in [0.3, 0.4) is 0 Å². The monoisotopic (exact) mass is 332 g/mol. The Morgan fingerprint density at radius 3 is 2.75 bits per heavy atom. The van der Waals surface area contributed by atoms with Gasteiger partial charge < -0.3 is 9.73 Å². The van der Waals surface area contributed by atoms with Crippen LogP contribution in [0.25, 0.3) is 11.1 Å². The number of aromatic amines is 1. The maximum atomic E-state index is 13.6. The molecule has 126 valence electrons. The van der Waals surface area contributed by atoms with Crippen molar-refractivity contribution in [2.45, 2.75) is 32.9 Å². The van der Waals surface area contributed by atoms with E-state index in [1.165, 1.54) is 22.9 Å². The van der Waals surface area contributed by atoms with Crippen molar-refractivity contribution < 1.29 is 8.81 Å². The lowest BCUT2D eigenvalue weighted by Crippen LogP contribution is -2.40. The van der Waals surface area contributed by atoms with Crippen molar-refractivity contribution in [3.63, 3.8) is 0 Å². The number of anilines is 1. The summed E-state index contributed by atoms with van der Waals surface area (Å²) in [6, 6.07) is 4.51. The highest BCUT2D eigenvalue weighted by Gasteiger charge is 2.17. The summed E-state index contributed by atoms with van der Waals surface area (Å²) in [5, 5.41) is 2.84. The van der Waals surface area contributed by atoms with Crippen molar-refractivity contribution in [3.05, 3.63) is 56.6 Å². The molecule has 0 radical (unpaired) electrons. The van der Waals surface area contributed by atoms with E-state index in [-0.39, 0.29) is 18.1 Å². The molecule has 24 heavy (non-hydrogen) atoms. The number of rotatable bonds is 3. The third-order valence-electron chi connectivity index (χ3n) is 3.54. The van der Waals surface area contributed by atoms with Gasteiger partial charge in [-0.1, -0.05) is 6.07 Å². The minimum atomic E-state index is -0.490. The Morgan fingerprint density at radius 1 is 1.33 bits per heavy atom. The Morgan fingerprint density at radius 2 is 2.08 bits per heavy atom. The van der Waals surface area contributed by atoms with Crippen molar-refractivity contribution in [2.24, 2.45) is 0 Å². The molecule has 0 unspecified atom stereocenters. The summed E-state index contributed by atoms with van der Waals surface area (Å²) in [6.07, 6.45) is 1.50. The second-order valence-electron chi connectivity index (χ2n) is 6.41. The van der Waals surface area contributed by atoms with E-state index in [1.54, 1.807) is 6.07 Å². The van der Waals surface area contributed by atoms with Gasteiger partial charge in [0.05, 0.1) is 12.1 Å². The molecule has 0 saturated heterocycles. The van der Waals surface area contributed by atoms with Gasteiger partial charge in [-0.05, 0) is 32.9 Å². The molecule has 2 N–H and O–H groups in total. The first kappa shape index (κ1) is 16.0. The smallest absolute Gasteiger partial charge is 0.328 e. The van der Waals surface area contributed by atoms with Crippen LogP contribution in [0.1, 0.15) is 26.3 Å². The number of aromatic nitrogens is 3. The molecule has 0 amide bonds. The Bertz CT molecular complexity index is 1010. The maximum Gasteiger partial charge on any atom is 0.328 e. The quantitative estimate of drug-likeness (QED) is 0.767. The summed E-state index contributed by atoms with van der Waals surface area (Å²) in [5.41, 5.74) is -0.668. The largest absolute Gasteiger partial charge is 0.423 e. The highest BCUT2D eigenvalue weighted by atomic mass is 19.1. The molecule has 0 fully saturated rings. The lowest BCUT2D eigenvalue weighted by Gasteiger charge is -2.22. The minimum absolute atomic E-state index is 0.0835. The van der Waals surface area contributed by atoms with Gasteiger partial charge in [0.15, 0.2) is 11.4 Å². The molecular formula is C16H17FN4O3. The van der Waals surface area contributed by atoms with Crippen LogP contribution in [0.15, 0.2) is 38.4 Å². The number of hydrogen-bond acceptors (Lipinski definition) is 5. The van der Waals surface area contributed by atoms with Crippen LogP contribution in [0, 0.1) is 5.82 Å². The molecule has 0 aliphatic carbocycles. The van der Waals surface area contributed by atoms with E-state index in [2.05, 4.69) is 15.3 Å². The SMILES string of the molecule is CC(C)(C)n1cc(CNc2nc3c(F)cccc3o2)c(=O)[nH]c1=O. The topological polar surface area (TPSA) is 92.9 Å². The number of halogens is 1. The van der Waals surface area contributed by atoms with Crippen molar-refractivity contribution in [1.29, 1.82) is 0 Å². The van der Waals surface area contributed by atoms with E-state index < -0.39 is 22.6 Å². The van der Waals surface area contributed by atoms with Gasteiger partial charge in [-0.15, -0.1) is 0 Å². The zero-order valence-corrected chi connectivity index (χ0v) is 13.5. The zero-order chi connectivity index (χ0) is 17.5. The molecule has 2 aromatic heterocycles. The Balaban J connectivity index is 1.89. The average Bonchev–Trinajstić information content (AvgIpc) is 2.89. The Kier molecular flexibility index (Phi) is 3.75. The number of oxazole rings is 1. The fraction of sp³-hybridized carbons (Fsp3) is 0.312. The lowest BCUT2D eigenvalue weighted by atomic mass is 10.1. The third kappa shape index (κ3) is 2.94. The third-order valence-corrected chi connectivity index (χ3v) is 3.54. The summed E-state index contributed by atoms with van der Waals surface area (Å²) in [4.78, 5) is 30.1. The summed E-state index contributed by atoms with van der Waals surface area (Å²) < 4.78 is 20.4. The molecule has 0 spiro atoms. The van der Waals surface area contributed by atoms with Crippen LogP contribution in [-0.2, 0) is 12.1 Å². The molecule has 0 saturated carbocycles. The highest BCUT2D eigenvalue weighted by molar-refractivity contribution is 5.74. The van der Waals surface area contributed by atoms with Crippen LogP contribution in [0.2, 0.25) is 0 Å². The van der Waals surface area contributed by atoms with Gasteiger partial charge in [0.2, 0.25) is 0 Å². The standard InChI is InChI=1S/C16H17FN4O3/c1-16(2,3)21-8-9(13(22)20-15(21)23)7-18-14-19-12-10(17)5-4-6-11(12)24-14/h4-6,8H,7H2,1-3H3,(H,18,19)(H,20,22,23). The Labute approximate surface area is 136 Å². The van der Waals surface area contributed by atoms with Crippen LogP contribution in [-0.4, -0.2) is 14.5 Å². The van der Waals surface area contributed by atoms with Crippen LogP contribution in [0.4, 0.5) is 10.4 Å². The molecule has 0 atom stereocenters. The Hall–Kier alpha value is -2.90. The molecule has 1 aromatic carbocycles. The van der Waals surface area contributed by atoms with Gasteiger partial charge in [0.25, 0.3) is 11.6 Å². The normalized spacial score (nSPS) is 11.8. The van der Waals surface area contributed by atoms with Crippen molar-refractivity contribution >= 4 is 17.1 Å². The van der Waals surface area contributed by atoms with Gasteiger partial charge in [-0.3, -0.25) is 14.3 Å². The molecule has 0 bridgehead atoms. The fourth-order valence-corrected chi connectivity index (χ4v) is 2.30. The van der Waals surface area contributed by atoms with Gasteiger partial charge in [-0.2, -0.15) is 4.98 Å². The minimum Gasteiger partial charge on any atom is -0.423 e. The van der Waals surface area contributed by atoms with E-state index >= 15 is 0 Å². The number of benzene rings is 1. The predicted octanol–water partition coefficient (Wildman–Crippen LogP) is 2.18. The summed E-state index contributed by atoms with van der Waals surface area (Å²) in [5.74, 6) is -0.483. The number of H-pyrrole nitrogens is 1. The molecule has 3 aromatic rings. The second-order valence-corrected chi connectivity index (χ2v) is 6.41. The van der Waals surface area contributed by atoms with E-state index in [9.17, 15) is 14.0 Å². The number of nitrogens with zero attached hydrogens (tertiary/aromatic N) is 2. The van der Waals surface area contributed by atoms with Crippen molar-refractivity contribution in [3.8, 4) is 0 Å². The molecule has 0 aliphatic rings. The molecule has 2 heterocycles. The molecule has 7 nitrogen and oxygen atoms in total.